The molecule has 1 aromatic heterocycles. The van der Waals surface area contributed by atoms with E-state index in [9.17, 15) is 22.8 Å². The number of aromatic nitrogens is 2. The van der Waals surface area contributed by atoms with Crippen LogP contribution in [-0.2, 0) is 6.18 Å². The number of carbonyl (C=O) groups excluding carboxylic acids is 1. The molecule has 0 bridgehead atoms. The number of nitrogens with two attached hydrogens (primary N) is 1. The van der Waals surface area contributed by atoms with Crippen molar-refractivity contribution in [2.45, 2.75) is 38.4 Å². The van der Waals surface area contributed by atoms with Gasteiger partial charge in [0.2, 0.25) is 5.43 Å². The lowest BCUT2D eigenvalue weighted by Gasteiger charge is -2.19. The molecule has 1 aliphatic rings. The highest BCUT2D eigenvalue weighted by molar-refractivity contribution is 5.92. The van der Waals surface area contributed by atoms with Gasteiger partial charge < -0.3 is 11.1 Å². The minimum absolute atomic E-state index is 0. The molecule has 6 nitrogen and oxygen atoms in total. The lowest BCUT2D eigenvalue weighted by atomic mass is 10.0. The van der Waals surface area contributed by atoms with Crippen molar-refractivity contribution in [1.29, 1.82) is 0 Å². The van der Waals surface area contributed by atoms with Crippen LogP contribution in [-0.4, -0.2) is 28.3 Å². The summed E-state index contributed by atoms with van der Waals surface area (Å²) in [5.74, 6) is -0.504. The van der Waals surface area contributed by atoms with E-state index < -0.39 is 23.1 Å². The topological polar surface area (TPSA) is 90.0 Å². The van der Waals surface area contributed by atoms with E-state index in [4.69, 9.17) is 5.73 Å². The third-order valence-corrected chi connectivity index (χ3v) is 5.02. The van der Waals surface area contributed by atoms with E-state index in [1.54, 1.807) is 0 Å². The fraction of sp³-hybridized carbons (Fsp3) is 0.421. The van der Waals surface area contributed by atoms with Crippen LogP contribution >= 0.6 is 12.4 Å². The van der Waals surface area contributed by atoms with Gasteiger partial charge in [0.05, 0.1) is 11.3 Å². The van der Waals surface area contributed by atoms with Gasteiger partial charge in [-0.1, -0.05) is 12.5 Å². The first kappa shape index (κ1) is 22.9. The maximum atomic E-state index is 13.0. The van der Waals surface area contributed by atoms with Crippen LogP contribution in [0.4, 0.5) is 13.2 Å². The second-order valence-electron chi connectivity index (χ2n) is 6.97. The molecule has 10 heteroatoms. The largest absolute Gasteiger partial charge is 0.416 e. The van der Waals surface area contributed by atoms with Crippen LogP contribution in [0.2, 0.25) is 0 Å². The molecule has 2 aromatic rings. The first-order chi connectivity index (χ1) is 13.2. The molecule has 0 spiro atoms. The van der Waals surface area contributed by atoms with Crippen molar-refractivity contribution >= 4 is 18.3 Å². The van der Waals surface area contributed by atoms with Crippen molar-refractivity contribution in [3.63, 3.8) is 0 Å². The molecule has 3 rings (SSSR count). The Labute approximate surface area is 171 Å². The number of alkyl halides is 3. The molecule has 1 amide bonds. The van der Waals surface area contributed by atoms with E-state index in [-0.39, 0.29) is 35.7 Å². The van der Waals surface area contributed by atoms with Gasteiger partial charge in [0.15, 0.2) is 5.69 Å². The minimum atomic E-state index is -4.51. The molecule has 3 N–H and O–H groups in total. The zero-order valence-electron chi connectivity index (χ0n) is 15.7. The maximum Gasteiger partial charge on any atom is 0.416 e. The molecule has 1 aliphatic carbocycles. The number of nitrogens with one attached hydrogen (secondary N) is 1. The van der Waals surface area contributed by atoms with Crippen LogP contribution < -0.4 is 16.5 Å². The average Bonchev–Trinajstić information content (AvgIpc) is 3.08. The van der Waals surface area contributed by atoms with Crippen molar-refractivity contribution in [1.82, 2.24) is 15.1 Å². The summed E-state index contributed by atoms with van der Waals surface area (Å²) < 4.78 is 40.2. The maximum absolute atomic E-state index is 13.0. The summed E-state index contributed by atoms with van der Waals surface area (Å²) in [5, 5.41) is 6.85. The number of aryl methyl sites for hydroxylation is 1. The molecule has 0 saturated heterocycles. The zero-order chi connectivity index (χ0) is 20.5. The summed E-state index contributed by atoms with van der Waals surface area (Å²) in [4.78, 5) is 24.9. The van der Waals surface area contributed by atoms with Crippen molar-refractivity contribution in [2.75, 3.05) is 6.54 Å². The summed E-state index contributed by atoms with van der Waals surface area (Å²) >= 11 is 0. The van der Waals surface area contributed by atoms with Gasteiger partial charge in [-0.15, -0.1) is 12.4 Å². The summed E-state index contributed by atoms with van der Waals surface area (Å²) in [6, 6.07) is 5.61. The van der Waals surface area contributed by atoms with Crippen LogP contribution in [0.15, 0.2) is 35.1 Å². The number of hydrogen-bond donors (Lipinski definition) is 2. The zero-order valence-corrected chi connectivity index (χ0v) is 16.5. The number of benzene rings is 1. The predicted molar refractivity (Wildman–Crippen MR) is 104 cm³/mol. The summed E-state index contributed by atoms with van der Waals surface area (Å²) in [6.45, 7) is 1.97. The summed E-state index contributed by atoms with van der Waals surface area (Å²) in [5.41, 5.74) is 4.37. The van der Waals surface area contributed by atoms with Crippen LogP contribution in [0.3, 0.4) is 0 Å². The molecule has 158 valence electrons. The molecule has 1 fully saturated rings. The van der Waals surface area contributed by atoms with E-state index >= 15 is 0 Å². The molecule has 1 saturated carbocycles. The highest BCUT2D eigenvalue weighted by Crippen LogP contribution is 2.30. The quantitative estimate of drug-likeness (QED) is 0.780. The van der Waals surface area contributed by atoms with Crippen LogP contribution in [0, 0.1) is 12.8 Å². The van der Waals surface area contributed by atoms with E-state index in [0.29, 0.717) is 12.2 Å². The smallest absolute Gasteiger partial charge is 0.347 e. The first-order valence-corrected chi connectivity index (χ1v) is 9.00. The Morgan fingerprint density at radius 3 is 2.69 bits per heavy atom. The monoisotopic (exact) mass is 430 g/mol. The van der Waals surface area contributed by atoms with Crippen molar-refractivity contribution in [3.8, 4) is 5.69 Å². The number of halogens is 4. The molecule has 0 aliphatic heterocycles. The van der Waals surface area contributed by atoms with Gasteiger partial charge in [-0.05, 0) is 50.4 Å². The van der Waals surface area contributed by atoms with Crippen molar-refractivity contribution < 1.29 is 18.0 Å². The highest BCUT2D eigenvalue weighted by atomic mass is 35.5. The third-order valence-electron chi connectivity index (χ3n) is 5.02. The number of hydrogen-bond acceptors (Lipinski definition) is 4. The lowest BCUT2D eigenvalue weighted by Crippen LogP contribution is -2.42. The number of carbonyl (C=O) groups is 1. The lowest BCUT2D eigenvalue weighted by molar-refractivity contribution is -0.137. The Morgan fingerprint density at radius 1 is 1.31 bits per heavy atom. The number of amides is 1. The van der Waals surface area contributed by atoms with E-state index in [1.807, 2.05) is 0 Å². The van der Waals surface area contributed by atoms with E-state index in [1.165, 1.54) is 29.8 Å². The molecule has 2 unspecified atom stereocenters. The molecule has 1 heterocycles. The van der Waals surface area contributed by atoms with Crippen molar-refractivity contribution in [3.05, 3.63) is 57.5 Å². The van der Waals surface area contributed by atoms with Gasteiger partial charge in [0.1, 0.15) is 0 Å². The second-order valence-corrected chi connectivity index (χ2v) is 6.97. The SMILES string of the molecule is Cc1cc(=O)c(C(=O)NC2CCCC2CN)nn1-c1cccc(C(F)(F)F)c1.Cl. The third kappa shape index (κ3) is 4.97. The normalized spacial score (nSPS) is 18.9. The Kier molecular flexibility index (Phi) is 7.07. The van der Waals surface area contributed by atoms with Gasteiger partial charge in [-0.25, -0.2) is 4.68 Å². The van der Waals surface area contributed by atoms with Gasteiger partial charge in [-0.2, -0.15) is 18.3 Å². The molecule has 0 radical (unpaired) electrons. The van der Waals surface area contributed by atoms with Crippen LogP contribution in [0.1, 0.15) is 41.0 Å². The highest BCUT2D eigenvalue weighted by Gasteiger charge is 2.31. The summed E-state index contributed by atoms with van der Waals surface area (Å²) in [6.07, 6.45) is -1.91. The standard InChI is InChI=1S/C19H21F3N4O2.ClH/c1-11-8-16(27)17(18(28)24-15-7-2-4-12(15)10-23)25-26(11)14-6-3-5-13(9-14)19(20,21)22;/h3,5-6,8-9,12,15H,2,4,7,10,23H2,1H3,(H,24,28);1H. The second kappa shape index (κ2) is 8.96. The average molecular weight is 431 g/mol. The van der Waals surface area contributed by atoms with E-state index in [2.05, 4.69) is 10.4 Å². The van der Waals surface area contributed by atoms with E-state index in [0.717, 1.165) is 31.4 Å². The Morgan fingerprint density at radius 2 is 2.03 bits per heavy atom. The van der Waals surface area contributed by atoms with Gasteiger partial charge in [-0.3, -0.25) is 9.59 Å². The Bertz CT molecular complexity index is 946. The van der Waals surface area contributed by atoms with Gasteiger partial charge in [0, 0.05) is 17.8 Å². The Balaban J connectivity index is 0.00000300. The molecule has 1 aromatic carbocycles. The van der Waals surface area contributed by atoms with Gasteiger partial charge >= 0.3 is 6.18 Å². The molecule has 29 heavy (non-hydrogen) atoms. The van der Waals surface area contributed by atoms with Crippen molar-refractivity contribution in [2.24, 2.45) is 11.7 Å². The van der Waals surface area contributed by atoms with Crippen LogP contribution in [0.5, 0.6) is 0 Å². The fourth-order valence-electron chi connectivity index (χ4n) is 3.53. The summed E-state index contributed by atoms with van der Waals surface area (Å²) in [7, 11) is 0. The number of rotatable bonds is 4. The van der Waals surface area contributed by atoms with Gasteiger partial charge in [0.25, 0.3) is 5.91 Å². The fourth-order valence-corrected chi connectivity index (χ4v) is 3.53. The predicted octanol–water partition coefficient (Wildman–Crippen LogP) is 2.84. The minimum Gasteiger partial charge on any atom is -0.347 e. The Hall–Kier alpha value is -2.39. The first-order valence-electron chi connectivity index (χ1n) is 9.00. The van der Waals surface area contributed by atoms with Crippen LogP contribution in [0.25, 0.3) is 5.69 Å². The molecular formula is C19H22ClF3N4O2. The number of nitrogens with zero attached hydrogens (tertiary/aromatic N) is 2. The molecule has 2 atom stereocenters. The molecular weight excluding hydrogens is 409 g/mol.